The van der Waals surface area contributed by atoms with Crippen molar-refractivity contribution in [3.05, 3.63) is 35.4 Å². The SMILES string of the molecule is CCN(CC)C(COC(=O)c1ccc(C(=O)O)cc1)N(CC)CC. The van der Waals surface area contributed by atoms with Crippen LogP contribution in [0.2, 0.25) is 0 Å². The van der Waals surface area contributed by atoms with Crippen LogP contribution >= 0.6 is 0 Å². The van der Waals surface area contributed by atoms with Gasteiger partial charge in [-0.15, -0.1) is 0 Å². The Bertz CT molecular complexity index is 510. The molecule has 0 aromatic heterocycles. The summed E-state index contributed by atoms with van der Waals surface area (Å²) in [6.07, 6.45) is 0.0391. The predicted octanol–water partition coefficient (Wildman–Crippen LogP) is 2.55. The van der Waals surface area contributed by atoms with Crippen molar-refractivity contribution in [1.82, 2.24) is 9.80 Å². The van der Waals surface area contributed by atoms with Gasteiger partial charge in [0.05, 0.1) is 17.3 Å². The number of rotatable bonds is 10. The van der Waals surface area contributed by atoms with Gasteiger partial charge in [-0.3, -0.25) is 9.80 Å². The fourth-order valence-corrected chi connectivity index (χ4v) is 2.71. The highest BCUT2D eigenvalue weighted by atomic mass is 16.5. The highest BCUT2D eigenvalue weighted by molar-refractivity contribution is 5.92. The van der Waals surface area contributed by atoms with Crippen LogP contribution in [0.25, 0.3) is 0 Å². The summed E-state index contributed by atoms with van der Waals surface area (Å²) in [5.74, 6) is -1.45. The van der Waals surface area contributed by atoms with E-state index in [0.29, 0.717) is 5.56 Å². The lowest BCUT2D eigenvalue weighted by atomic mass is 10.1. The fourth-order valence-electron chi connectivity index (χ4n) is 2.71. The van der Waals surface area contributed by atoms with E-state index in [-0.39, 0.29) is 18.3 Å². The van der Waals surface area contributed by atoms with Crippen LogP contribution in [0.5, 0.6) is 0 Å². The fraction of sp³-hybridized carbons (Fsp3) is 0.556. The summed E-state index contributed by atoms with van der Waals surface area (Å²) < 4.78 is 5.49. The first-order valence-electron chi connectivity index (χ1n) is 8.46. The zero-order valence-electron chi connectivity index (χ0n) is 15.0. The average molecular weight is 336 g/mol. The molecule has 1 aromatic rings. The number of carbonyl (C=O) groups is 2. The minimum absolute atomic E-state index is 0.0391. The summed E-state index contributed by atoms with van der Waals surface area (Å²) in [6.45, 7) is 12.1. The number of nitrogens with zero attached hydrogens (tertiary/aromatic N) is 2. The van der Waals surface area contributed by atoms with Gasteiger partial charge in [0.25, 0.3) is 0 Å². The van der Waals surface area contributed by atoms with Gasteiger partial charge in [0, 0.05) is 0 Å². The van der Waals surface area contributed by atoms with Crippen molar-refractivity contribution < 1.29 is 19.4 Å². The molecular formula is C18H28N2O4. The van der Waals surface area contributed by atoms with Crippen molar-refractivity contribution in [2.45, 2.75) is 33.9 Å². The highest BCUT2D eigenvalue weighted by Gasteiger charge is 2.23. The lowest BCUT2D eigenvalue weighted by molar-refractivity contribution is -0.00918. The summed E-state index contributed by atoms with van der Waals surface area (Å²) in [5, 5.41) is 8.89. The maximum absolute atomic E-state index is 12.2. The van der Waals surface area contributed by atoms with Gasteiger partial charge >= 0.3 is 11.9 Å². The molecule has 24 heavy (non-hydrogen) atoms. The van der Waals surface area contributed by atoms with E-state index >= 15 is 0 Å². The molecule has 6 heteroatoms. The number of ether oxygens (including phenoxy) is 1. The van der Waals surface area contributed by atoms with Crippen molar-refractivity contribution in [1.29, 1.82) is 0 Å². The lowest BCUT2D eigenvalue weighted by Gasteiger charge is -2.37. The molecule has 0 aliphatic rings. The molecule has 0 amide bonds. The molecule has 0 heterocycles. The van der Waals surface area contributed by atoms with Gasteiger partial charge in [0.2, 0.25) is 0 Å². The Labute approximate surface area is 144 Å². The molecule has 6 nitrogen and oxygen atoms in total. The summed E-state index contributed by atoms with van der Waals surface area (Å²) in [5.41, 5.74) is 0.508. The Balaban J connectivity index is 2.77. The summed E-state index contributed by atoms with van der Waals surface area (Å²) in [7, 11) is 0. The van der Waals surface area contributed by atoms with E-state index < -0.39 is 11.9 Å². The monoisotopic (exact) mass is 336 g/mol. The van der Waals surface area contributed by atoms with Crippen molar-refractivity contribution in [3.8, 4) is 0 Å². The first kappa shape index (κ1) is 20.1. The molecule has 1 rings (SSSR count). The van der Waals surface area contributed by atoms with E-state index in [9.17, 15) is 9.59 Å². The number of carboxylic acid groups (broad SMARTS) is 1. The van der Waals surface area contributed by atoms with Crippen LogP contribution in [-0.2, 0) is 4.74 Å². The van der Waals surface area contributed by atoms with Crippen LogP contribution in [0.1, 0.15) is 48.4 Å². The van der Waals surface area contributed by atoms with E-state index in [4.69, 9.17) is 9.84 Å². The highest BCUT2D eigenvalue weighted by Crippen LogP contribution is 2.10. The third-order valence-electron chi connectivity index (χ3n) is 4.20. The molecule has 0 aliphatic carbocycles. The van der Waals surface area contributed by atoms with E-state index in [1.807, 2.05) is 0 Å². The van der Waals surface area contributed by atoms with Gasteiger partial charge in [-0.1, -0.05) is 27.7 Å². The lowest BCUT2D eigenvalue weighted by Crippen LogP contribution is -2.51. The quantitative estimate of drug-likeness (QED) is 0.523. The largest absolute Gasteiger partial charge is 0.478 e. The van der Waals surface area contributed by atoms with Crippen LogP contribution < -0.4 is 0 Å². The smallest absolute Gasteiger partial charge is 0.338 e. The molecule has 1 N–H and O–H groups in total. The van der Waals surface area contributed by atoms with Gasteiger partial charge < -0.3 is 9.84 Å². The van der Waals surface area contributed by atoms with Gasteiger partial charge in [-0.25, -0.2) is 9.59 Å². The Morgan fingerprint density at radius 2 is 1.33 bits per heavy atom. The van der Waals surface area contributed by atoms with Gasteiger partial charge in [0.15, 0.2) is 0 Å². The van der Waals surface area contributed by atoms with Crippen LogP contribution in [0, 0.1) is 0 Å². The van der Waals surface area contributed by atoms with Crippen LogP contribution in [0.4, 0.5) is 0 Å². The number of carboxylic acids is 1. The molecule has 0 saturated heterocycles. The molecule has 0 bridgehead atoms. The molecule has 0 spiro atoms. The van der Waals surface area contributed by atoms with Crippen molar-refractivity contribution in [2.75, 3.05) is 32.8 Å². The van der Waals surface area contributed by atoms with E-state index in [1.165, 1.54) is 24.3 Å². The average Bonchev–Trinajstić information content (AvgIpc) is 2.60. The number of benzene rings is 1. The number of hydrogen-bond acceptors (Lipinski definition) is 5. The van der Waals surface area contributed by atoms with Gasteiger partial charge in [-0.05, 0) is 50.4 Å². The summed E-state index contributed by atoms with van der Waals surface area (Å²) >= 11 is 0. The standard InChI is InChI=1S/C18H28N2O4/c1-5-19(6-2)16(20(7-3)8-4)13-24-18(23)15-11-9-14(10-12-15)17(21)22/h9-12,16H,5-8,13H2,1-4H3,(H,21,22). The first-order chi connectivity index (χ1) is 11.5. The summed E-state index contributed by atoms with van der Waals surface area (Å²) in [4.78, 5) is 27.6. The second-order valence-electron chi connectivity index (χ2n) is 5.40. The zero-order valence-corrected chi connectivity index (χ0v) is 15.0. The maximum atomic E-state index is 12.2. The molecule has 134 valence electrons. The molecule has 0 aliphatic heterocycles. The van der Waals surface area contributed by atoms with Gasteiger partial charge in [-0.2, -0.15) is 0 Å². The predicted molar refractivity (Wildman–Crippen MR) is 93.3 cm³/mol. The number of esters is 1. The van der Waals surface area contributed by atoms with Crippen LogP contribution in [0.15, 0.2) is 24.3 Å². The number of likely N-dealkylation sites (N-methyl/N-ethyl adjacent to an activating group) is 2. The van der Waals surface area contributed by atoms with Crippen LogP contribution in [0.3, 0.4) is 0 Å². The Hall–Kier alpha value is -1.92. The molecule has 0 unspecified atom stereocenters. The molecule has 0 radical (unpaired) electrons. The van der Waals surface area contributed by atoms with E-state index in [2.05, 4.69) is 37.5 Å². The van der Waals surface area contributed by atoms with E-state index in [1.54, 1.807) is 0 Å². The minimum Gasteiger partial charge on any atom is -0.478 e. The van der Waals surface area contributed by atoms with E-state index in [0.717, 1.165) is 26.2 Å². The maximum Gasteiger partial charge on any atom is 0.338 e. The molecule has 0 fully saturated rings. The Morgan fingerprint density at radius 1 is 0.917 bits per heavy atom. The number of aromatic carboxylic acids is 1. The normalized spacial score (nSPS) is 11.3. The van der Waals surface area contributed by atoms with Crippen molar-refractivity contribution in [3.63, 3.8) is 0 Å². The zero-order chi connectivity index (χ0) is 18.1. The van der Waals surface area contributed by atoms with Crippen LogP contribution in [-0.4, -0.2) is 65.8 Å². The number of hydrogen-bond donors (Lipinski definition) is 1. The molecule has 0 saturated carbocycles. The number of carbonyl (C=O) groups excluding carboxylic acids is 1. The minimum atomic E-state index is -1.02. The third kappa shape index (κ3) is 5.32. The van der Waals surface area contributed by atoms with Gasteiger partial charge in [0.1, 0.15) is 6.61 Å². The Morgan fingerprint density at radius 3 is 1.71 bits per heavy atom. The molecule has 1 aromatic carbocycles. The second-order valence-corrected chi connectivity index (χ2v) is 5.40. The molecular weight excluding hydrogens is 308 g/mol. The molecule has 0 atom stereocenters. The third-order valence-corrected chi connectivity index (χ3v) is 4.20. The topological polar surface area (TPSA) is 70.1 Å². The second kappa shape index (κ2) is 10.1. The van der Waals surface area contributed by atoms with Crippen molar-refractivity contribution in [2.24, 2.45) is 0 Å². The van der Waals surface area contributed by atoms with Crippen molar-refractivity contribution >= 4 is 11.9 Å². The summed E-state index contributed by atoms with van der Waals surface area (Å²) in [6, 6.07) is 5.78. The first-order valence-corrected chi connectivity index (χ1v) is 8.46. The Kier molecular flexibility index (Phi) is 8.43.